The van der Waals surface area contributed by atoms with Gasteiger partial charge in [-0.05, 0) is 32.9 Å². The van der Waals surface area contributed by atoms with E-state index in [1.165, 1.54) is 4.90 Å². The lowest BCUT2D eigenvalue weighted by atomic mass is 10.00. The Morgan fingerprint density at radius 1 is 1.37 bits per heavy atom. The topological polar surface area (TPSA) is 72.9 Å². The summed E-state index contributed by atoms with van der Waals surface area (Å²) < 4.78 is 0. The van der Waals surface area contributed by atoms with Gasteiger partial charge in [-0.25, -0.2) is 9.59 Å². The average molecular weight is 271 g/mol. The molecular formula is C13H25N3O3. The van der Waals surface area contributed by atoms with Gasteiger partial charge in [-0.3, -0.25) is 0 Å². The third kappa shape index (κ3) is 3.59. The Morgan fingerprint density at radius 3 is 2.53 bits per heavy atom. The molecule has 0 aromatic rings. The summed E-state index contributed by atoms with van der Waals surface area (Å²) in [6, 6.07) is -0.269. The van der Waals surface area contributed by atoms with E-state index in [1.807, 2.05) is 0 Å². The molecule has 6 nitrogen and oxygen atoms in total. The first-order valence-corrected chi connectivity index (χ1v) is 6.97. The number of hydrogen-bond donors (Lipinski definition) is 2. The maximum atomic E-state index is 12.1. The molecule has 0 aliphatic carbocycles. The number of carboxylic acids is 1. The molecule has 1 fully saturated rings. The van der Waals surface area contributed by atoms with Crippen molar-refractivity contribution in [1.29, 1.82) is 0 Å². The standard InChI is InChI=1S/C13H25N3O3/c1-4-15(5-2)10-8-14-12(19)16-9-6-7-13(16,3)11(17)18/h4-10H2,1-3H3,(H,14,19)(H,17,18). The van der Waals surface area contributed by atoms with Crippen LogP contribution in [0.5, 0.6) is 0 Å². The van der Waals surface area contributed by atoms with Crippen LogP contribution < -0.4 is 5.32 Å². The first-order chi connectivity index (χ1) is 8.95. The van der Waals surface area contributed by atoms with Crippen LogP contribution in [-0.2, 0) is 4.79 Å². The van der Waals surface area contributed by atoms with Crippen molar-refractivity contribution < 1.29 is 14.7 Å². The van der Waals surface area contributed by atoms with Gasteiger partial charge in [0.1, 0.15) is 5.54 Å². The van der Waals surface area contributed by atoms with Crippen molar-refractivity contribution in [2.24, 2.45) is 0 Å². The number of carbonyl (C=O) groups excluding carboxylic acids is 1. The zero-order valence-electron chi connectivity index (χ0n) is 12.1. The van der Waals surface area contributed by atoms with Gasteiger partial charge in [0.2, 0.25) is 0 Å². The Labute approximate surface area is 114 Å². The molecule has 19 heavy (non-hydrogen) atoms. The van der Waals surface area contributed by atoms with E-state index >= 15 is 0 Å². The summed E-state index contributed by atoms with van der Waals surface area (Å²) in [6.07, 6.45) is 1.26. The summed E-state index contributed by atoms with van der Waals surface area (Å²) in [5.74, 6) is -0.927. The van der Waals surface area contributed by atoms with Gasteiger partial charge in [-0.1, -0.05) is 13.8 Å². The van der Waals surface area contributed by atoms with E-state index in [0.29, 0.717) is 19.5 Å². The predicted octanol–water partition coefficient (Wildman–Crippen LogP) is 0.977. The van der Waals surface area contributed by atoms with Crippen LogP contribution in [-0.4, -0.2) is 65.2 Å². The third-order valence-corrected chi connectivity index (χ3v) is 3.95. The van der Waals surface area contributed by atoms with E-state index in [1.54, 1.807) is 6.92 Å². The lowest BCUT2D eigenvalue weighted by Gasteiger charge is -2.31. The minimum atomic E-state index is -1.06. The van der Waals surface area contributed by atoms with Crippen molar-refractivity contribution in [3.05, 3.63) is 0 Å². The van der Waals surface area contributed by atoms with E-state index in [0.717, 1.165) is 26.1 Å². The van der Waals surface area contributed by atoms with Gasteiger partial charge in [0.25, 0.3) is 0 Å². The van der Waals surface area contributed by atoms with E-state index in [-0.39, 0.29) is 6.03 Å². The quantitative estimate of drug-likeness (QED) is 0.755. The van der Waals surface area contributed by atoms with Crippen LogP contribution in [0.4, 0.5) is 4.79 Å². The highest BCUT2D eigenvalue weighted by Gasteiger charge is 2.45. The molecule has 2 amide bonds. The summed E-state index contributed by atoms with van der Waals surface area (Å²) in [5.41, 5.74) is -1.06. The molecule has 0 aromatic heterocycles. The smallest absolute Gasteiger partial charge is 0.329 e. The molecule has 6 heteroatoms. The number of nitrogens with zero attached hydrogens (tertiary/aromatic N) is 2. The molecular weight excluding hydrogens is 246 g/mol. The third-order valence-electron chi connectivity index (χ3n) is 3.95. The SMILES string of the molecule is CCN(CC)CCNC(=O)N1CCCC1(C)C(=O)O. The Kier molecular flexibility index (Phi) is 5.60. The number of nitrogens with one attached hydrogen (secondary N) is 1. The first kappa shape index (κ1) is 15.8. The molecule has 1 atom stereocenters. The lowest BCUT2D eigenvalue weighted by Crippen LogP contribution is -2.54. The van der Waals surface area contributed by atoms with E-state index in [4.69, 9.17) is 0 Å². The van der Waals surface area contributed by atoms with E-state index < -0.39 is 11.5 Å². The lowest BCUT2D eigenvalue weighted by molar-refractivity contribution is -0.147. The van der Waals surface area contributed by atoms with Crippen molar-refractivity contribution >= 4 is 12.0 Å². The molecule has 0 radical (unpaired) electrons. The number of likely N-dealkylation sites (N-methyl/N-ethyl adjacent to an activating group) is 1. The summed E-state index contributed by atoms with van der Waals surface area (Å²) >= 11 is 0. The molecule has 0 aromatic carbocycles. The van der Waals surface area contributed by atoms with Crippen LogP contribution in [0.3, 0.4) is 0 Å². The number of amides is 2. The van der Waals surface area contributed by atoms with Gasteiger partial charge < -0.3 is 20.2 Å². The zero-order chi connectivity index (χ0) is 14.5. The minimum Gasteiger partial charge on any atom is -0.480 e. The fourth-order valence-corrected chi connectivity index (χ4v) is 2.47. The Morgan fingerprint density at radius 2 is 2.00 bits per heavy atom. The summed E-state index contributed by atoms with van der Waals surface area (Å²) in [6.45, 7) is 9.52. The molecule has 1 heterocycles. The van der Waals surface area contributed by atoms with Crippen molar-refractivity contribution in [2.45, 2.75) is 39.2 Å². The van der Waals surface area contributed by atoms with Crippen molar-refractivity contribution in [2.75, 3.05) is 32.7 Å². The monoisotopic (exact) mass is 271 g/mol. The minimum absolute atomic E-state index is 0.269. The van der Waals surface area contributed by atoms with Crippen molar-refractivity contribution in [1.82, 2.24) is 15.1 Å². The highest BCUT2D eigenvalue weighted by molar-refractivity contribution is 5.86. The number of carbonyl (C=O) groups is 2. The summed E-state index contributed by atoms with van der Waals surface area (Å²) in [7, 11) is 0. The molecule has 1 aliphatic heterocycles. The van der Waals surface area contributed by atoms with Crippen LogP contribution in [0, 0.1) is 0 Å². The molecule has 1 unspecified atom stereocenters. The highest BCUT2D eigenvalue weighted by Crippen LogP contribution is 2.28. The van der Waals surface area contributed by atoms with Crippen LogP contribution in [0.25, 0.3) is 0 Å². The van der Waals surface area contributed by atoms with Gasteiger partial charge in [0, 0.05) is 19.6 Å². The number of hydrogen-bond acceptors (Lipinski definition) is 3. The Bertz CT molecular complexity index is 331. The zero-order valence-corrected chi connectivity index (χ0v) is 12.1. The van der Waals surface area contributed by atoms with Crippen LogP contribution >= 0.6 is 0 Å². The molecule has 0 bridgehead atoms. The number of urea groups is 1. The second kappa shape index (κ2) is 6.75. The Balaban J connectivity index is 2.47. The van der Waals surface area contributed by atoms with Gasteiger partial charge in [-0.15, -0.1) is 0 Å². The maximum absolute atomic E-state index is 12.1. The molecule has 1 rings (SSSR count). The average Bonchev–Trinajstić information content (AvgIpc) is 2.78. The number of likely N-dealkylation sites (tertiary alicyclic amines) is 1. The number of carboxylic acid groups (broad SMARTS) is 1. The van der Waals surface area contributed by atoms with Crippen molar-refractivity contribution in [3.63, 3.8) is 0 Å². The fraction of sp³-hybridized carbons (Fsp3) is 0.846. The maximum Gasteiger partial charge on any atom is 0.329 e. The molecule has 1 aliphatic rings. The van der Waals surface area contributed by atoms with Gasteiger partial charge >= 0.3 is 12.0 Å². The second-order valence-electron chi connectivity index (χ2n) is 5.09. The van der Waals surface area contributed by atoms with Crippen LogP contribution in [0.1, 0.15) is 33.6 Å². The normalized spacial score (nSPS) is 22.8. The highest BCUT2D eigenvalue weighted by atomic mass is 16.4. The first-order valence-electron chi connectivity index (χ1n) is 6.97. The predicted molar refractivity (Wildman–Crippen MR) is 73.2 cm³/mol. The molecule has 2 N–H and O–H groups in total. The summed E-state index contributed by atoms with van der Waals surface area (Å²) in [5, 5.41) is 12.1. The van der Waals surface area contributed by atoms with Gasteiger partial charge in [-0.2, -0.15) is 0 Å². The van der Waals surface area contributed by atoms with Crippen molar-refractivity contribution in [3.8, 4) is 0 Å². The summed E-state index contributed by atoms with van der Waals surface area (Å²) in [4.78, 5) is 27.0. The number of aliphatic carboxylic acids is 1. The van der Waals surface area contributed by atoms with Crippen LogP contribution in [0.15, 0.2) is 0 Å². The largest absolute Gasteiger partial charge is 0.480 e. The Hall–Kier alpha value is -1.30. The van der Waals surface area contributed by atoms with Gasteiger partial charge in [0.15, 0.2) is 0 Å². The number of rotatable bonds is 6. The molecule has 110 valence electrons. The fourth-order valence-electron chi connectivity index (χ4n) is 2.47. The van der Waals surface area contributed by atoms with Gasteiger partial charge in [0.05, 0.1) is 0 Å². The molecule has 0 saturated carbocycles. The molecule has 0 spiro atoms. The van der Waals surface area contributed by atoms with E-state index in [2.05, 4.69) is 24.1 Å². The van der Waals surface area contributed by atoms with E-state index in [9.17, 15) is 14.7 Å². The van der Waals surface area contributed by atoms with Crippen LogP contribution in [0.2, 0.25) is 0 Å². The molecule has 1 saturated heterocycles. The second-order valence-corrected chi connectivity index (χ2v) is 5.09.